The molecule has 6 N–H and O–H groups in total. The maximum atomic E-state index is 14.8. The number of Topliss-reactive ketones (excluding diaryl/α,β-unsaturated/α-hetero) is 1. The van der Waals surface area contributed by atoms with E-state index in [2.05, 4.69) is 25.7 Å². The van der Waals surface area contributed by atoms with E-state index in [4.69, 9.17) is 5.73 Å². The van der Waals surface area contributed by atoms with E-state index in [9.17, 15) is 45.9 Å². The topological polar surface area (TPSA) is 270 Å². The molecular weight excluding hydrogens is 781 g/mol. The number of primary amides is 1. The molecule has 1 aromatic carbocycles. The third-order valence-corrected chi connectivity index (χ3v) is 15.1. The van der Waals surface area contributed by atoms with Crippen molar-refractivity contribution in [2.45, 2.75) is 131 Å². The van der Waals surface area contributed by atoms with Crippen LogP contribution in [0.5, 0.6) is 0 Å². The third-order valence-electron chi connectivity index (χ3n) is 11.9. The molecule has 312 valence electrons. The van der Waals surface area contributed by atoms with Gasteiger partial charge in [-0.3, -0.25) is 24.0 Å². The van der Waals surface area contributed by atoms with Crippen molar-refractivity contribution in [2.24, 2.45) is 11.7 Å². The molecule has 0 bridgehead atoms. The number of likely N-dealkylation sites (tertiary alicyclic amines) is 1. The maximum Gasteiger partial charge on any atom is 0.287 e. The smallest absolute Gasteiger partial charge is 0.287 e. The molecule has 2 aliphatic carbocycles. The number of rotatable bonds is 14. The number of carbonyl (C=O) groups excluding carboxylic acids is 5. The normalized spacial score (nSPS) is 23.2. The molecule has 0 radical (unpaired) electrons. The van der Waals surface area contributed by atoms with Crippen molar-refractivity contribution >= 4 is 49.3 Å². The Morgan fingerprint density at radius 1 is 1.00 bits per heavy atom. The minimum absolute atomic E-state index is 0.000522. The molecule has 4 fully saturated rings. The quantitative estimate of drug-likeness (QED) is 0.162. The molecule has 20 heteroatoms. The zero-order valence-electron chi connectivity index (χ0n) is 32.2. The van der Waals surface area contributed by atoms with E-state index >= 15 is 0 Å². The summed E-state index contributed by atoms with van der Waals surface area (Å²) in [5.41, 5.74) is 2.46. The predicted molar refractivity (Wildman–Crippen MR) is 204 cm³/mol. The summed E-state index contributed by atoms with van der Waals surface area (Å²) in [6, 6.07) is 2.14. The molecule has 0 spiro atoms. The van der Waals surface area contributed by atoms with Crippen molar-refractivity contribution in [3.05, 3.63) is 41.7 Å². The summed E-state index contributed by atoms with van der Waals surface area (Å²) in [5, 5.41) is 24.5. The second-order valence-electron chi connectivity index (χ2n) is 16.5. The number of hydrogen-bond donors (Lipinski definition) is 5. The molecule has 3 heterocycles. The number of carbonyl (C=O) groups is 5. The van der Waals surface area contributed by atoms with E-state index in [0.29, 0.717) is 5.69 Å². The predicted octanol–water partition coefficient (Wildman–Crippen LogP) is 0.365. The van der Waals surface area contributed by atoms with Gasteiger partial charge in [-0.05, 0) is 76.1 Å². The van der Waals surface area contributed by atoms with Gasteiger partial charge in [0.25, 0.3) is 11.8 Å². The molecular formula is C37H52N8O10S2. The number of aromatic nitrogens is 3. The number of nitrogens with one attached hydrogen (secondary N) is 3. The SMILES string of the molecule is CC(C)(O)c1cnnn1[C@H]1C[C@@H](C(=O)NC2(C(=O)C(N)=O)CCS(=O)(=O)CC2)N(C(=O)[C@@H](CC2CCCCC2)NC(=O)c2ccc(S(=O)(=O)NC3CCC3)cc2)C1. The summed E-state index contributed by atoms with van der Waals surface area (Å²) in [6.45, 7) is 2.94. The second kappa shape index (κ2) is 16.5. The maximum absolute atomic E-state index is 14.8. The molecule has 2 saturated carbocycles. The molecule has 18 nitrogen and oxygen atoms in total. The first-order valence-corrected chi connectivity index (χ1v) is 22.8. The number of ketones is 1. The van der Waals surface area contributed by atoms with Gasteiger partial charge in [-0.25, -0.2) is 26.2 Å². The standard InChI is InChI=1S/C37H52N8O10S2/c1-36(2,51)30-21-39-43-45(30)26-20-29(34(49)41-37(31(46)32(38)47)15-17-56(52,53)18-16-37)44(22-26)35(50)28(19-23-7-4-3-5-8-23)40-33(48)24-11-13-27(14-12-24)57(54,55)42-25-9-6-10-25/h11-14,21,23,25-26,28-29,42,51H,3-10,15-20,22H2,1-2H3,(H2,38,47)(H,40,48)(H,41,49)/t26-,28+,29-/m0/s1. The Kier molecular flexibility index (Phi) is 12.3. The van der Waals surface area contributed by atoms with Crippen LogP contribution < -0.4 is 21.1 Å². The summed E-state index contributed by atoms with van der Waals surface area (Å²) < 4.78 is 54.6. The molecule has 2 aliphatic heterocycles. The van der Waals surface area contributed by atoms with Crippen molar-refractivity contribution < 1.29 is 45.9 Å². The Labute approximate surface area is 332 Å². The van der Waals surface area contributed by atoms with Crippen LogP contribution in [-0.4, -0.2) is 113 Å². The first-order chi connectivity index (χ1) is 26.8. The first-order valence-electron chi connectivity index (χ1n) is 19.5. The number of aliphatic hydroxyl groups is 1. The van der Waals surface area contributed by atoms with E-state index in [0.717, 1.165) is 51.4 Å². The van der Waals surface area contributed by atoms with Crippen LogP contribution in [0.4, 0.5) is 0 Å². The van der Waals surface area contributed by atoms with E-state index < -0.39 is 103 Å². The molecule has 1 aromatic heterocycles. The zero-order valence-corrected chi connectivity index (χ0v) is 33.8. The Bertz CT molecular complexity index is 2070. The fourth-order valence-corrected chi connectivity index (χ4v) is 11.1. The summed E-state index contributed by atoms with van der Waals surface area (Å²) in [5.74, 6) is -5.45. The molecule has 3 atom stereocenters. The van der Waals surface area contributed by atoms with Crippen molar-refractivity contribution in [2.75, 3.05) is 18.1 Å². The monoisotopic (exact) mass is 832 g/mol. The molecule has 4 aliphatic rings. The van der Waals surface area contributed by atoms with Gasteiger partial charge in [-0.15, -0.1) is 5.10 Å². The molecule has 4 amide bonds. The van der Waals surface area contributed by atoms with Crippen LogP contribution in [0, 0.1) is 5.92 Å². The lowest BCUT2D eigenvalue weighted by Crippen LogP contribution is -2.64. The first kappa shape index (κ1) is 42.3. The molecule has 2 saturated heterocycles. The average molecular weight is 833 g/mol. The fourth-order valence-electron chi connectivity index (χ4n) is 8.30. The Balaban J connectivity index is 1.30. The molecule has 0 unspecified atom stereocenters. The van der Waals surface area contributed by atoms with Gasteiger partial charge >= 0.3 is 0 Å². The third kappa shape index (κ3) is 9.55. The minimum Gasteiger partial charge on any atom is -0.384 e. The van der Waals surface area contributed by atoms with Crippen LogP contribution in [0.2, 0.25) is 0 Å². The van der Waals surface area contributed by atoms with Crippen molar-refractivity contribution in [1.29, 1.82) is 0 Å². The lowest BCUT2D eigenvalue weighted by molar-refractivity contribution is -0.145. The van der Waals surface area contributed by atoms with Crippen molar-refractivity contribution in [3.8, 4) is 0 Å². The summed E-state index contributed by atoms with van der Waals surface area (Å²) in [6.07, 6.45) is 7.79. The summed E-state index contributed by atoms with van der Waals surface area (Å²) >= 11 is 0. The average Bonchev–Trinajstić information content (AvgIpc) is 3.83. The van der Waals surface area contributed by atoms with Crippen LogP contribution in [0.1, 0.15) is 113 Å². The molecule has 57 heavy (non-hydrogen) atoms. The highest BCUT2D eigenvalue weighted by atomic mass is 32.2. The van der Waals surface area contributed by atoms with Crippen molar-refractivity contribution in [3.63, 3.8) is 0 Å². The molecule has 6 rings (SSSR count). The van der Waals surface area contributed by atoms with Gasteiger partial charge in [0.1, 0.15) is 23.2 Å². The Hall–Kier alpha value is -4.27. The highest BCUT2D eigenvalue weighted by molar-refractivity contribution is 7.91. The fraction of sp³-hybridized carbons (Fsp3) is 0.649. The lowest BCUT2D eigenvalue weighted by Gasteiger charge is -2.37. The second-order valence-corrected chi connectivity index (χ2v) is 20.5. The van der Waals surface area contributed by atoms with Crippen LogP contribution in [0.15, 0.2) is 35.4 Å². The van der Waals surface area contributed by atoms with E-state index in [1.54, 1.807) is 0 Å². The number of sulfonamides is 1. The van der Waals surface area contributed by atoms with Crippen LogP contribution in [0.3, 0.4) is 0 Å². The number of benzene rings is 1. The van der Waals surface area contributed by atoms with Gasteiger partial charge in [-0.2, -0.15) is 0 Å². The van der Waals surface area contributed by atoms with Crippen LogP contribution in [0.25, 0.3) is 0 Å². The van der Waals surface area contributed by atoms with Crippen LogP contribution in [-0.2, 0) is 44.6 Å². The number of hydrogen-bond acceptors (Lipinski definition) is 12. The highest BCUT2D eigenvalue weighted by Gasteiger charge is 2.51. The largest absolute Gasteiger partial charge is 0.384 e. The summed E-state index contributed by atoms with van der Waals surface area (Å²) in [4.78, 5) is 69.8. The Morgan fingerprint density at radius 2 is 1.65 bits per heavy atom. The van der Waals surface area contributed by atoms with Crippen LogP contribution >= 0.6 is 0 Å². The number of nitrogens with two attached hydrogens (primary N) is 1. The van der Waals surface area contributed by atoms with Gasteiger partial charge in [0.2, 0.25) is 27.6 Å². The van der Waals surface area contributed by atoms with E-state index in [1.165, 1.54) is 53.9 Å². The van der Waals surface area contributed by atoms with Gasteiger partial charge in [0.05, 0.1) is 34.3 Å². The lowest BCUT2D eigenvalue weighted by atomic mass is 9.84. The van der Waals surface area contributed by atoms with Gasteiger partial charge in [0, 0.05) is 24.6 Å². The molecule has 2 aromatic rings. The van der Waals surface area contributed by atoms with Gasteiger partial charge < -0.3 is 26.4 Å². The minimum atomic E-state index is -3.80. The number of nitrogens with zero attached hydrogens (tertiary/aromatic N) is 4. The van der Waals surface area contributed by atoms with Gasteiger partial charge in [-0.1, -0.05) is 43.7 Å². The van der Waals surface area contributed by atoms with Gasteiger partial charge in [0.15, 0.2) is 9.84 Å². The van der Waals surface area contributed by atoms with Crippen molar-refractivity contribution in [1.82, 2.24) is 35.2 Å². The highest BCUT2D eigenvalue weighted by Crippen LogP contribution is 2.35. The van der Waals surface area contributed by atoms with E-state index in [-0.39, 0.29) is 41.8 Å². The number of amides is 4. The van der Waals surface area contributed by atoms with E-state index in [1.807, 2.05) is 0 Å². The number of sulfone groups is 1. The zero-order chi connectivity index (χ0) is 41.3. The summed E-state index contributed by atoms with van der Waals surface area (Å²) in [7, 11) is -7.35. The Morgan fingerprint density at radius 3 is 2.23 bits per heavy atom.